The van der Waals surface area contributed by atoms with Crippen LogP contribution in [-0.4, -0.2) is 35.2 Å². The van der Waals surface area contributed by atoms with E-state index in [0.29, 0.717) is 28.7 Å². The molecule has 4 aromatic rings. The van der Waals surface area contributed by atoms with Crippen LogP contribution in [0.2, 0.25) is 0 Å². The molecular weight excluding hydrogens is 652 g/mol. The molecule has 0 bridgehead atoms. The molecule has 6 rings (SSSR count). The number of carboxylic acids is 1. The molecule has 256 valence electrons. The average molecular weight is 684 g/mol. The maximum atomic E-state index is 15.6. The van der Waals surface area contributed by atoms with E-state index < -0.39 is 53.7 Å². The molecule has 0 unspecified atom stereocenters. The fraction of sp³-hybridized carbons (Fsp3) is 0.297. The SMILES string of the molecule is COc1cc(F)c(-c2ccc(C(=O)O)cc2C)cc1-c1ccc(C(F)(F)F)cc1[C@@H]1CC[C@H]2[C@@H](c3cc(C)cc(C(C)(F)F)c3)OC(=O)N12. The van der Waals surface area contributed by atoms with Crippen LogP contribution < -0.4 is 4.74 Å². The van der Waals surface area contributed by atoms with Crippen LogP contribution in [0.5, 0.6) is 5.75 Å². The van der Waals surface area contributed by atoms with E-state index in [-0.39, 0.29) is 45.6 Å². The number of nitrogens with zero attached hydrogens (tertiary/aromatic N) is 1. The fourth-order valence-corrected chi connectivity index (χ4v) is 6.97. The standard InChI is InChI=1S/C37H31F6NO5/c1-18-11-21(14-23(12-18)36(3,39)40)33-31-10-9-30(44(31)35(47)49-33)27-15-22(37(41,42)43)6-8-25(27)28-16-26(29(38)17-32(28)48-4)24-7-5-20(34(45)46)13-19(24)2/h5-8,11-17,30-31,33H,9-10H2,1-4H3,(H,45,46)/t30-,31-,33+/m0/s1. The molecule has 0 aromatic heterocycles. The smallest absolute Gasteiger partial charge is 0.416 e. The molecule has 2 fully saturated rings. The second kappa shape index (κ2) is 12.2. The van der Waals surface area contributed by atoms with E-state index in [9.17, 15) is 36.6 Å². The molecule has 2 aliphatic rings. The Kier molecular flexibility index (Phi) is 8.40. The quantitative estimate of drug-likeness (QED) is 0.196. The van der Waals surface area contributed by atoms with Gasteiger partial charge in [0.25, 0.3) is 5.92 Å². The van der Waals surface area contributed by atoms with Gasteiger partial charge in [0.05, 0.1) is 30.3 Å². The van der Waals surface area contributed by atoms with Crippen molar-refractivity contribution in [2.75, 3.05) is 7.11 Å². The van der Waals surface area contributed by atoms with Gasteiger partial charge in [-0.2, -0.15) is 13.2 Å². The van der Waals surface area contributed by atoms with Crippen molar-refractivity contribution in [3.63, 3.8) is 0 Å². The minimum absolute atomic E-state index is 0.00250. The van der Waals surface area contributed by atoms with Gasteiger partial charge in [0, 0.05) is 29.7 Å². The van der Waals surface area contributed by atoms with Crippen LogP contribution in [0.1, 0.15) is 75.6 Å². The highest BCUT2D eigenvalue weighted by Gasteiger charge is 2.51. The number of hydrogen-bond donors (Lipinski definition) is 1. The molecule has 2 heterocycles. The first-order valence-electron chi connectivity index (χ1n) is 15.4. The zero-order chi connectivity index (χ0) is 35.6. The van der Waals surface area contributed by atoms with Crippen LogP contribution in [0.3, 0.4) is 0 Å². The molecule has 2 saturated heterocycles. The van der Waals surface area contributed by atoms with Gasteiger partial charge >= 0.3 is 18.2 Å². The highest BCUT2D eigenvalue weighted by molar-refractivity contribution is 5.89. The number of benzene rings is 4. The van der Waals surface area contributed by atoms with Gasteiger partial charge in [-0.05, 0) is 90.9 Å². The third kappa shape index (κ3) is 6.20. The van der Waals surface area contributed by atoms with Crippen LogP contribution in [-0.2, 0) is 16.8 Å². The van der Waals surface area contributed by atoms with Gasteiger partial charge in [-0.1, -0.05) is 29.8 Å². The second-order valence-corrected chi connectivity index (χ2v) is 12.6. The number of halogens is 6. The maximum absolute atomic E-state index is 15.6. The zero-order valence-electron chi connectivity index (χ0n) is 26.8. The predicted molar refractivity (Wildman–Crippen MR) is 168 cm³/mol. The molecule has 0 spiro atoms. The monoisotopic (exact) mass is 683 g/mol. The van der Waals surface area contributed by atoms with Crippen LogP contribution in [0.25, 0.3) is 22.3 Å². The van der Waals surface area contributed by atoms with E-state index >= 15 is 4.39 Å². The van der Waals surface area contributed by atoms with Crippen molar-refractivity contribution in [2.24, 2.45) is 0 Å². The number of hydrogen-bond acceptors (Lipinski definition) is 4. The van der Waals surface area contributed by atoms with E-state index in [2.05, 4.69) is 0 Å². The number of carboxylic acid groups (broad SMARTS) is 1. The third-order valence-electron chi connectivity index (χ3n) is 9.23. The van der Waals surface area contributed by atoms with Crippen molar-refractivity contribution in [1.82, 2.24) is 4.90 Å². The number of alkyl halides is 5. The van der Waals surface area contributed by atoms with Crippen molar-refractivity contribution in [3.05, 3.63) is 111 Å². The largest absolute Gasteiger partial charge is 0.496 e. The Labute approximate surface area is 277 Å². The maximum Gasteiger partial charge on any atom is 0.416 e. The number of methoxy groups -OCH3 is 1. The van der Waals surface area contributed by atoms with Crippen LogP contribution in [0.4, 0.5) is 31.1 Å². The first kappa shape index (κ1) is 33.9. The summed E-state index contributed by atoms with van der Waals surface area (Å²) >= 11 is 0. The van der Waals surface area contributed by atoms with Crippen molar-refractivity contribution in [3.8, 4) is 28.0 Å². The summed E-state index contributed by atoms with van der Waals surface area (Å²) in [7, 11) is 1.29. The molecule has 6 nitrogen and oxygen atoms in total. The summed E-state index contributed by atoms with van der Waals surface area (Å²) in [6.07, 6.45) is -5.92. The molecule has 4 aromatic carbocycles. The lowest BCUT2D eigenvalue weighted by molar-refractivity contribution is -0.137. The first-order chi connectivity index (χ1) is 23.0. The van der Waals surface area contributed by atoms with Gasteiger partial charge in [-0.15, -0.1) is 0 Å². The number of ether oxygens (including phenoxy) is 2. The number of aryl methyl sites for hydroxylation is 2. The van der Waals surface area contributed by atoms with Gasteiger partial charge in [-0.25, -0.2) is 22.8 Å². The van der Waals surface area contributed by atoms with E-state index in [1.165, 1.54) is 54.5 Å². The van der Waals surface area contributed by atoms with Gasteiger partial charge in [0.2, 0.25) is 0 Å². The molecule has 3 atom stereocenters. The highest BCUT2D eigenvalue weighted by atomic mass is 19.4. The Bertz CT molecular complexity index is 1990. The van der Waals surface area contributed by atoms with Crippen molar-refractivity contribution in [2.45, 2.75) is 63.9 Å². The number of rotatable bonds is 7. The normalized spacial score (nSPS) is 19.2. The van der Waals surface area contributed by atoms with Gasteiger partial charge < -0.3 is 14.6 Å². The van der Waals surface area contributed by atoms with Crippen molar-refractivity contribution < 1.29 is 50.5 Å². The Morgan fingerprint density at radius 1 is 0.878 bits per heavy atom. The van der Waals surface area contributed by atoms with E-state index in [0.717, 1.165) is 25.1 Å². The Balaban J connectivity index is 1.48. The minimum Gasteiger partial charge on any atom is -0.496 e. The Morgan fingerprint density at radius 2 is 1.59 bits per heavy atom. The summed E-state index contributed by atoms with van der Waals surface area (Å²) in [6, 6.07) is 12.5. The van der Waals surface area contributed by atoms with Gasteiger partial charge in [-0.3, -0.25) is 4.90 Å². The minimum atomic E-state index is -4.73. The third-order valence-corrected chi connectivity index (χ3v) is 9.23. The number of aromatic carboxylic acids is 1. The van der Waals surface area contributed by atoms with Crippen LogP contribution >= 0.6 is 0 Å². The number of carbonyl (C=O) groups excluding carboxylic acids is 1. The molecule has 0 saturated carbocycles. The summed E-state index contributed by atoms with van der Waals surface area (Å²) in [5.74, 6) is -5.00. The lowest BCUT2D eigenvalue weighted by Crippen LogP contribution is -2.31. The molecule has 2 aliphatic heterocycles. The second-order valence-electron chi connectivity index (χ2n) is 12.6. The number of amides is 1. The van der Waals surface area contributed by atoms with E-state index in [4.69, 9.17) is 9.47 Å². The summed E-state index contributed by atoms with van der Waals surface area (Å²) in [6.45, 7) is 4.02. The zero-order valence-corrected chi connectivity index (χ0v) is 26.8. The summed E-state index contributed by atoms with van der Waals surface area (Å²) in [5.41, 5.74) is 1.15. The first-order valence-corrected chi connectivity index (χ1v) is 15.4. The molecule has 1 amide bonds. The lowest BCUT2D eigenvalue weighted by atomic mass is 9.88. The fourth-order valence-electron chi connectivity index (χ4n) is 6.97. The molecule has 1 N–H and O–H groups in total. The predicted octanol–water partition coefficient (Wildman–Crippen LogP) is 10.0. The van der Waals surface area contributed by atoms with E-state index in [1.54, 1.807) is 19.9 Å². The molecular formula is C37H31F6NO5. The molecule has 49 heavy (non-hydrogen) atoms. The highest BCUT2D eigenvalue weighted by Crippen LogP contribution is 2.51. The Hall–Kier alpha value is -5.00. The number of carbonyl (C=O) groups is 2. The van der Waals surface area contributed by atoms with Crippen LogP contribution in [0.15, 0.2) is 66.7 Å². The van der Waals surface area contributed by atoms with Crippen LogP contribution in [0, 0.1) is 19.7 Å². The van der Waals surface area contributed by atoms with Crippen molar-refractivity contribution in [1.29, 1.82) is 0 Å². The number of cyclic esters (lactones) is 1. The summed E-state index contributed by atoms with van der Waals surface area (Å²) in [4.78, 5) is 26.3. The topological polar surface area (TPSA) is 76.1 Å². The van der Waals surface area contributed by atoms with E-state index in [1.807, 2.05) is 0 Å². The summed E-state index contributed by atoms with van der Waals surface area (Å²) in [5, 5.41) is 9.38. The molecule has 12 heteroatoms. The summed E-state index contributed by atoms with van der Waals surface area (Å²) < 4.78 is 97.8. The van der Waals surface area contributed by atoms with Gasteiger partial charge in [0.1, 0.15) is 17.7 Å². The Morgan fingerprint density at radius 3 is 2.22 bits per heavy atom. The van der Waals surface area contributed by atoms with Crippen molar-refractivity contribution >= 4 is 12.1 Å². The molecule has 0 aliphatic carbocycles. The lowest BCUT2D eigenvalue weighted by Gasteiger charge is -2.26. The van der Waals surface area contributed by atoms with Gasteiger partial charge in [0.15, 0.2) is 0 Å². The average Bonchev–Trinajstić information content (AvgIpc) is 3.60. The number of fused-ring (bicyclic) bond motifs is 1. The molecule has 0 radical (unpaired) electrons.